The Morgan fingerprint density at radius 2 is 2.57 bits per heavy atom. The van der Waals surface area contributed by atoms with Gasteiger partial charge in [0.25, 0.3) is 0 Å². The van der Waals surface area contributed by atoms with Crippen LogP contribution in [0.4, 0.5) is 0 Å². The average Bonchev–Trinajstić information content (AvgIpc) is 2.71. The Hall–Kier alpha value is -1.13. The quantitative estimate of drug-likeness (QED) is 0.756. The molecule has 1 saturated heterocycles. The summed E-state index contributed by atoms with van der Waals surface area (Å²) in [4.78, 5) is 6.50. The van der Waals surface area contributed by atoms with Crippen LogP contribution in [0.1, 0.15) is 5.56 Å². The molecule has 2 heterocycles. The van der Waals surface area contributed by atoms with Crippen molar-refractivity contribution in [1.82, 2.24) is 15.2 Å². The molecule has 4 nitrogen and oxygen atoms in total. The Balaban J connectivity index is 2.07. The van der Waals surface area contributed by atoms with Crippen molar-refractivity contribution in [3.63, 3.8) is 0 Å². The van der Waals surface area contributed by atoms with Crippen LogP contribution in [-0.4, -0.2) is 36.8 Å². The number of hydrogen-bond donors (Lipinski definition) is 1. The van der Waals surface area contributed by atoms with Crippen molar-refractivity contribution in [3.8, 4) is 5.88 Å². The largest absolute Gasteiger partial charge is 0.481 e. The molecule has 0 atom stereocenters. The molecule has 1 N–H and O–H groups in total. The maximum atomic E-state index is 5.20. The third-order valence-electron chi connectivity index (χ3n) is 2.38. The van der Waals surface area contributed by atoms with E-state index < -0.39 is 0 Å². The van der Waals surface area contributed by atoms with Gasteiger partial charge in [-0.1, -0.05) is 6.07 Å². The highest BCUT2D eigenvalue weighted by Gasteiger charge is 2.13. The smallest absolute Gasteiger partial charge is 0.217 e. The second-order valence-electron chi connectivity index (χ2n) is 3.38. The summed E-state index contributed by atoms with van der Waals surface area (Å²) in [7, 11) is 1.66. The highest BCUT2D eigenvalue weighted by molar-refractivity contribution is 5.25. The molecule has 0 saturated carbocycles. The zero-order valence-electron chi connectivity index (χ0n) is 8.36. The normalized spacial score (nSPS) is 17.2. The standard InChI is InChI=1S/C10H15N3O/c1-14-10-9(3-2-4-12-10)7-13-6-5-11-8-13/h2-4,11H,5-8H2,1H3. The van der Waals surface area contributed by atoms with Gasteiger partial charge in [0.15, 0.2) is 0 Å². The molecule has 4 heteroatoms. The molecule has 1 aromatic heterocycles. The van der Waals surface area contributed by atoms with E-state index in [9.17, 15) is 0 Å². The fourth-order valence-corrected chi connectivity index (χ4v) is 1.66. The first-order chi connectivity index (χ1) is 6.90. The van der Waals surface area contributed by atoms with Crippen LogP contribution in [0, 0.1) is 0 Å². The SMILES string of the molecule is COc1ncccc1CN1CCNC1. The first-order valence-corrected chi connectivity index (χ1v) is 4.81. The van der Waals surface area contributed by atoms with E-state index in [0.717, 1.165) is 37.7 Å². The fraction of sp³-hybridized carbons (Fsp3) is 0.500. The number of hydrogen-bond acceptors (Lipinski definition) is 4. The number of nitrogens with zero attached hydrogens (tertiary/aromatic N) is 2. The van der Waals surface area contributed by atoms with Crippen LogP contribution < -0.4 is 10.1 Å². The van der Waals surface area contributed by atoms with Crippen molar-refractivity contribution in [3.05, 3.63) is 23.9 Å². The van der Waals surface area contributed by atoms with E-state index in [1.807, 2.05) is 6.07 Å². The predicted molar refractivity (Wildman–Crippen MR) is 54.1 cm³/mol. The second-order valence-corrected chi connectivity index (χ2v) is 3.38. The van der Waals surface area contributed by atoms with Gasteiger partial charge in [0, 0.05) is 38.1 Å². The molecular weight excluding hydrogens is 178 g/mol. The Kier molecular flexibility index (Phi) is 2.96. The van der Waals surface area contributed by atoms with Gasteiger partial charge in [-0.3, -0.25) is 4.90 Å². The molecule has 0 aromatic carbocycles. The van der Waals surface area contributed by atoms with Gasteiger partial charge in [-0.2, -0.15) is 0 Å². The molecule has 0 amide bonds. The molecule has 1 aliphatic rings. The van der Waals surface area contributed by atoms with Crippen molar-refractivity contribution in [2.75, 3.05) is 26.9 Å². The van der Waals surface area contributed by atoms with Crippen LogP contribution in [0.3, 0.4) is 0 Å². The summed E-state index contributed by atoms with van der Waals surface area (Å²) in [5.41, 5.74) is 1.15. The van der Waals surface area contributed by atoms with E-state index in [1.165, 1.54) is 0 Å². The number of rotatable bonds is 3. The molecule has 14 heavy (non-hydrogen) atoms. The predicted octanol–water partition coefficient (Wildman–Crippen LogP) is 0.453. The molecule has 1 aromatic rings. The molecule has 0 radical (unpaired) electrons. The van der Waals surface area contributed by atoms with Gasteiger partial charge in [0.05, 0.1) is 7.11 Å². The monoisotopic (exact) mass is 193 g/mol. The van der Waals surface area contributed by atoms with Gasteiger partial charge >= 0.3 is 0 Å². The molecule has 76 valence electrons. The summed E-state index contributed by atoms with van der Waals surface area (Å²) < 4.78 is 5.20. The Morgan fingerprint density at radius 3 is 3.29 bits per heavy atom. The Morgan fingerprint density at radius 1 is 1.64 bits per heavy atom. The molecule has 0 aliphatic carbocycles. The van der Waals surface area contributed by atoms with E-state index in [-0.39, 0.29) is 0 Å². The summed E-state index contributed by atoms with van der Waals surface area (Å²) in [5, 5.41) is 3.29. The number of ether oxygens (including phenoxy) is 1. The van der Waals surface area contributed by atoms with Crippen molar-refractivity contribution < 1.29 is 4.74 Å². The summed E-state index contributed by atoms with van der Waals surface area (Å²) in [6, 6.07) is 4.01. The minimum Gasteiger partial charge on any atom is -0.481 e. The summed E-state index contributed by atoms with van der Waals surface area (Å²) in [5.74, 6) is 0.736. The molecule has 1 aliphatic heterocycles. The number of aromatic nitrogens is 1. The Bertz CT molecular complexity index is 297. The van der Waals surface area contributed by atoms with E-state index in [4.69, 9.17) is 4.74 Å². The zero-order chi connectivity index (χ0) is 9.80. The van der Waals surface area contributed by atoms with Crippen LogP contribution in [-0.2, 0) is 6.54 Å². The van der Waals surface area contributed by atoms with Crippen LogP contribution in [0.25, 0.3) is 0 Å². The van der Waals surface area contributed by atoms with E-state index >= 15 is 0 Å². The van der Waals surface area contributed by atoms with Crippen molar-refractivity contribution in [2.24, 2.45) is 0 Å². The van der Waals surface area contributed by atoms with Crippen LogP contribution in [0.15, 0.2) is 18.3 Å². The van der Waals surface area contributed by atoms with Gasteiger partial charge in [-0.05, 0) is 6.07 Å². The third-order valence-corrected chi connectivity index (χ3v) is 2.38. The number of nitrogens with one attached hydrogen (secondary N) is 1. The first kappa shape index (κ1) is 9.43. The maximum absolute atomic E-state index is 5.20. The summed E-state index contributed by atoms with van der Waals surface area (Å²) >= 11 is 0. The van der Waals surface area contributed by atoms with Crippen molar-refractivity contribution in [1.29, 1.82) is 0 Å². The van der Waals surface area contributed by atoms with Crippen molar-refractivity contribution >= 4 is 0 Å². The lowest BCUT2D eigenvalue weighted by Crippen LogP contribution is -2.21. The molecule has 0 spiro atoms. The molecule has 1 fully saturated rings. The minimum absolute atomic E-state index is 0.736. The van der Waals surface area contributed by atoms with E-state index in [2.05, 4.69) is 21.3 Å². The van der Waals surface area contributed by atoms with Gasteiger partial charge in [0.1, 0.15) is 0 Å². The Labute approximate surface area is 83.9 Å². The van der Waals surface area contributed by atoms with Crippen LogP contribution in [0.5, 0.6) is 5.88 Å². The van der Waals surface area contributed by atoms with Gasteiger partial charge in [-0.15, -0.1) is 0 Å². The lowest BCUT2D eigenvalue weighted by molar-refractivity contribution is 0.314. The topological polar surface area (TPSA) is 37.4 Å². The average molecular weight is 193 g/mol. The highest BCUT2D eigenvalue weighted by atomic mass is 16.5. The molecule has 2 rings (SSSR count). The van der Waals surface area contributed by atoms with E-state index in [0.29, 0.717) is 0 Å². The number of pyridine rings is 1. The highest BCUT2D eigenvalue weighted by Crippen LogP contribution is 2.16. The summed E-state index contributed by atoms with van der Waals surface area (Å²) in [6.07, 6.45) is 1.75. The lowest BCUT2D eigenvalue weighted by atomic mass is 10.2. The van der Waals surface area contributed by atoms with Crippen LogP contribution in [0.2, 0.25) is 0 Å². The first-order valence-electron chi connectivity index (χ1n) is 4.81. The number of methoxy groups -OCH3 is 1. The maximum Gasteiger partial charge on any atom is 0.217 e. The van der Waals surface area contributed by atoms with Gasteiger partial charge in [0.2, 0.25) is 5.88 Å². The summed E-state index contributed by atoms with van der Waals surface area (Å²) in [6.45, 7) is 4.03. The lowest BCUT2D eigenvalue weighted by Gasteiger charge is -2.14. The molecule has 0 unspecified atom stereocenters. The molecule has 0 bridgehead atoms. The zero-order valence-corrected chi connectivity index (χ0v) is 8.36. The van der Waals surface area contributed by atoms with E-state index in [1.54, 1.807) is 13.3 Å². The van der Waals surface area contributed by atoms with Crippen molar-refractivity contribution in [2.45, 2.75) is 6.54 Å². The fourth-order valence-electron chi connectivity index (χ4n) is 1.66. The van der Waals surface area contributed by atoms with Gasteiger partial charge in [-0.25, -0.2) is 4.98 Å². The second kappa shape index (κ2) is 4.39. The third kappa shape index (κ3) is 2.02. The molecular formula is C10H15N3O. The minimum atomic E-state index is 0.736. The van der Waals surface area contributed by atoms with Crippen LogP contribution >= 0.6 is 0 Å². The van der Waals surface area contributed by atoms with Gasteiger partial charge < -0.3 is 10.1 Å².